The first-order valence-electron chi connectivity index (χ1n) is 12.5. The van der Waals surface area contributed by atoms with Gasteiger partial charge in [-0.25, -0.2) is 4.79 Å². The zero-order valence-corrected chi connectivity index (χ0v) is 23.1. The van der Waals surface area contributed by atoms with Crippen molar-refractivity contribution in [3.05, 3.63) is 64.7 Å². The van der Waals surface area contributed by atoms with E-state index in [1.165, 1.54) is 0 Å². The van der Waals surface area contributed by atoms with Gasteiger partial charge in [0.2, 0.25) is 0 Å². The molecule has 198 valence electrons. The number of nitrogens with zero attached hydrogens (tertiary/aromatic N) is 1. The second-order valence-electron chi connectivity index (χ2n) is 10.7. The average Bonchev–Trinajstić information content (AvgIpc) is 2.78. The van der Waals surface area contributed by atoms with Gasteiger partial charge in [0.05, 0.1) is 0 Å². The number of anilines is 1. The standard InChI is InChI=1S/C30H39N3O4/c1-10-33(28(35)25(17-19(2)3)32-29(36)37-30(7,8)9)26(23-16-15-20(4)22(6)18-23)27(34)31-24-14-12-11-13-21(24)5/h1,11-16,18-19,25-26H,17H2,2-9H3,(H,31,34)(H,32,36). The molecule has 0 radical (unpaired) electrons. The second kappa shape index (κ2) is 12.4. The molecular formula is C30H39N3O4. The molecule has 2 rings (SSSR count). The van der Waals surface area contributed by atoms with E-state index >= 15 is 0 Å². The van der Waals surface area contributed by atoms with Gasteiger partial charge in [-0.3, -0.25) is 14.5 Å². The van der Waals surface area contributed by atoms with Crippen LogP contribution in [0, 0.1) is 39.2 Å². The van der Waals surface area contributed by atoms with Gasteiger partial charge in [-0.05, 0) is 82.2 Å². The molecule has 7 heteroatoms. The van der Waals surface area contributed by atoms with Crippen LogP contribution in [0.25, 0.3) is 0 Å². The minimum Gasteiger partial charge on any atom is -0.444 e. The lowest BCUT2D eigenvalue weighted by Crippen LogP contribution is -2.51. The lowest BCUT2D eigenvalue weighted by molar-refractivity contribution is -0.137. The number of hydrogen-bond acceptors (Lipinski definition) is 4. The average molecular weight is 506 g/mol. The number of nitrogens with one attached hydrogen (secondary N) is 2. The molecule has 0 fully saturated rings. The van der Waals surface area contributed by atoms with E-state index in [0.717, 1.165) is 21.6 Å². The van der Waals surface area contributed by atoms with Crippen LogP contribution in [-0.2, 0) is 14.3 Å². The Morgan fingerprint density at radius 1 is 1.00 bits per heavy atom. The van der Waals surface area contributed by atoms with Crippen molar-refractivity contribution in [2.24, 2.45) is 5.92 Å². The molecule has 3 amide bonds. The molecule has 2 atom stereocenters. The van der Waals surface area contributed by atoms with Gasteiger partial charge in [0.25, 0.3) is 11.8 Å². The van der Waals surface area contributed by atoms with Crippen LogP contribution in [0.3, 0.4) is 0 Å². The Balaban J connectivity index is 2.51. The van der Waals surface area contributed by atoms with Crippen LogP contribution in [0.4, 0.5) is 10.5 Å². The molecule has 0 saturated carbocycles. The molecule has 37 heavy (non-hydrogen) atoms. The third-order valence-electron chi connectivity index (χ3n) is 5.83. The van der Waals surface area contributed by atoms with Crippen LogP contribution in [0.2, 0.25) is 0 Å². The fourth-order valence-corrected chi connectivity index (χ4v) is 3.84. The molecule has 0 heterocycles. The Bertz CT molecular complexity index is 1170. The molecule has 2 N–H and O–H groups in total. The summed E-state index contributed by atoms with van der Waals surface area (Å²) in [7, 11) is 0. The van der Waals surface area contributed by atoms with Gasteiger partial charge < -0.3 is 15.4 Å². The Kier molecular flexibility index (Phi) is 9.90. The highest BCUT2D eigenvalue weighted by molar-refractivity contribution is 6.00. The van der Waals surface area contributed by atoms with E-state index in [9.17, 15) is 14.4 Å². The van der Waals surface area contributed by atoms with Gasteiger partial charge >= 0.3 is 6.09 Å². The van der Waals surface area contributed by atoms with Crippen LogP contribution in [0.1, 0.15) is 69.3 Å². The topological polar surface area (TPSA) is 87.7 Å². The van der Waals surface area contributed by atoms with Crippen molar-refractivity contribution >= 4 is 23.6 Å². The first kappa shape index (κ1) is 29.4. The molecule has 0 aromatic heterocycles. The maximum Gasteiger partial charge on any atom is 0.408 e. The number of ether oxygens (including phenoxy) is 1. The van der Waals surface area contributed by atoms with E-state index in [0.29, 0.717) is 17.7 Å². The lowest BCUT2D eigenvalue weighted by atomic mass is 9.97. The van der Waals surface area contributed by atoms with E-state index in [2.05, 4.69) is 16.7 Å². The van der Waals surface area contributed by atoms with Crippen LogP contribution >= 0.6 is 0 Å². The van der Waals surface area contributed by atoms with Crippen LogP contribution < -0.4 is 10.6 Å². The molecule has 0 aliphatic heterocycles. The first-order chi connectivity index (χ1) is 17.2. The molecule has 0 aliphatic carbocycles. The number of terminal acetylenes is 1. The van der Waals surface area contributed by atoms with Crippen molar-refractivity contribution in [2.75, 3.05) is 5.32 Å². The Labute approximate surface area is 221 Å². The number of carbonyl (C=O) groups excluding carboxylic acids is 3. The third kappa shape index (κ3) is 8.38. The number of benzene rings is 2. The zero-order valence-electron chi connectivity index (χ0n) is 23.1. The highest BCUT2D eigenvalue weighted by Crippen LogP contribution is 2.27. The zero-order chi connectivity index (χ0) is 27.9. The quantitative estimate of drug-likeness (QED) is 0.358. The minimum absolute atomic E-state index is 0.0596. The molecule has 2 aromatic rings. The summed E-state index contributed by atoms with van der Waals surface area (Å²) in [5.41, 5.74) is 3.33. The molecule has 7 nitrogen and oxygen atoms in total. The summed E-state index contributed by atoms with van der Waals surface area (Å²) in [4.78, 5) is 41.2. The van der Waals surface area contributed by atoms with Crippen LogP contribution in [0.15, 0.2) is 42.5 Å². The fraction of sp³-hybridized carbons (Fsp3) is 0.433. The summed E-state index contributed by atoms with van der Waals surface area (Å²) < 4.78 is 5.38. The molecule has 2 aromatic carbocycles. The molecule has 2 unspecified atom stereocenters. The summed E-state index contributed by atoms with van der Waals surface area (Å²) in [6.07, 6.45) is 5.46. The van der Waals surface area contributed by atoms with E-state index in [-0.39, 0.29) is 5.92 Å². The van der Waals surface area contributed by atoms with Crippen molar-refractivity contribution in [1.82, 2.24) is 10.2 Å². The highest BCUT2D eigenvalue weighted by Gasteiger charge is 2.36. The SMILES string of the molecule is C#CN(C(=O)C(CC(C)C)NC(=O)OC(C)(C)C)C(C(=O)Nc1ccccc1C)c1ccc(C)c(C)c1. The third-order valence-corrected chi connectivity index (χ3v) is 5.83. The van der Waals surface area contributed by atoms with Gasteiger partial charge in [-0.15, -0.1) is 0 Å². The number of carbonyl (C=O) groups is 3. The molecular weight excluding hydrogens is 466 g/mol. The second-order valence-corrected chi connectivity index (χ2v) is 10.7. The van der Waals surface area contributed by atoms with E-state index in [4.69, 9.17) is 11.2 Å². The maximum absolute atomic E-state index is 13.8. The number of para-hydroxylation sites is 1. The largest absolute Gasteiger partial charge is 0.444 e. The maximum atomic E-state index is 13.8. The fourth-order valence-electron chi connectivity index (χ4n) is 3.84. The summed E-state index contributed by atoms with van der Waals surface area (Å²) in [6, 6.07) is 13.2. The Morgan fingerprint density at radius 3 is 2.19 bits per heavy atom. The molecule has 0 spiro atoms. The lowest BCUT2D eigenvalue weighted by Gasteiger charge is -2.31. The van der Waals surface area contributed by atoms with Gasteiger partial charge in [0, 0.05) is 11.7 Å². The Hall–Kier alpha value is -3.79. The summed E-state index contributed by atoms with van der Waals surface area (Å²) >= 11 is 0. The predicted octanol–water partition coefficient (Wildman–Crippen LogP) is 5.65. The summed E-state index contributed by atoms with van der Waals surface area (Å²) in [5, 5.41) is 5.59. The number of rotatable bonds is 8. The minimum atomic E-state index is -1.12. The number of hydrogen-bond donors (Lipinski definition) is 2. The van der Waals surface area contributed by atoms with E-state index in [1.54, 1.807) is 32.9 Å². The van der Waals surface area contributed by atoms with Gasteiger partial charge in [0.15, 0.2) is 0 Å². The van der Waals surface area contributed by atoms with Crippen molar-refractivity contribution < 1.29 is 19.1 Å². The summed E-state index contributed by atoms with van der Waals surface area (Å²) in [6.45, 7) is 14.9. The molecule has 0 aliphatic rings. The van der Waals surface area contributed by atoms with Gasteiger partial charge in [-0.1, -0.05) is 56.7 Å². The predicted molar refractivity (Wildman–Crippen MR) is 147 cm³/mol. The van der Waals surface area contributed by atoms with E-state index in [1.807, 2.05) is 65.0 Å². The van der Waals surface area contributed by atoms with E-state index < -0.39 is 35.6 Å². The first-order valence-corrected chi connectivity index (χ1v) is 12.5. The normalized spacial score (nSPS) is 12.8. The summed E-state index contributed by atoms with van der Waals surface area (Å²) in [5.74, 6) is -0.959. The highest BCUT2D eigenvalue weighted by atomic mass is 16.6. The van der Waals surface area contributed by atoms with Crippen molar-refractivity contribution in [3.63, 3.8) is 0 Å². The molecule has 0 saturated heterocycles. The number of aryl methyl sites for hydroxylation is 3. The van der Waals surface area contributed by atoms with Gasteiger partial charge in [-0.2, -0.15) is 0 Å². The smallest absolute Gasteiger partial charge is 0.408 e. The number of amides is 3. The van der Waals surface area contributed by atoms with Crippen LogP contribution in [0.5, 0.6) is 0 Å². The van der Waals surface area contributed by atoms with Crippen molar-refractivity contribution in [1.29, 1.82) is 0 Å². The monoisotopic (exact) mass is 505 g/mol. The van der Waals surface area contributed by atoms with Crippen molar-refractivity contribution in [2.45, 2.75) is 79.5 Å². The van der Waals surface area contributed by atoms with Crippen LogP contribution in [-0.4, -0.2) is 34.5 Å². The number of alkyl carbamates (subject to hydrolysis) is 1. The van der Waals surface area contributed by atoms with Gasteiger partial charge in [0.1, 0.15) is 17.7 Å². The molecule has 0 bridgehead atoms. The Morgan fingerprint density at radius 2 is 1.65 bits per heavy atom. The van der Waals surface area contributed by atoms with Crippen molar-refractivity contribution in [3.8, 4) is 12.5 Å².